The maximum atomic E-state index is 13.9. The van der Waals surface area contributed by atoms with Crippen molar-refractivity contribution in [2.75, 3.05) is 11.9 Å². The van der Waals surface area contributed by atoms with Gasteiger partial charge in [-0.2, -0.15) is 0 Å². The lowest BCUT2D eigenvalue weighted by atomic mass is 9.89. The monoisotopic (exact) mass is 445 g/mol. The summed E-state index contributed by atoms with van der Waals surface area (Å²) in [5.41, 5.74) is 1.52. The highest BCUT2D eigenvalue weighted by Gasteiger charge is 2.40. The standard InChI is InChI=1S/C21H21ClFN5OS/c1-11(23)15-9-25-19(29)18(15)16-7-8-24-21(28-16)27-12(2)17-10-26-20(30-17)13-3-5-14(22)6-4-13/h3-8,10-12,15,18H,9H2,1-2H3,(H,25,29)(H,24,27,28)/t11-,12-,15?,18+/m0/s1. The number of hydrogen-bond acceptors (Lipinski definition) is 6. The molecule has 1 aromatic carbocycles. The number of anilines is 1. The zero-order chi connectivity index (χ0) is 21.3. The molecule has 156 valence electrons. The van der Waals surface area contributed by atoms with Crippen LogP contribution in [0, 0.1) is 5.92 Å². The lowest BCUT2D eigenvalue weighted by molar-refractivity contribution is -0.121. The summed E-state index contributed by atoms with van der Waals surface area (Å²) in [5, 5.41) is 7.57. The highest BCUT2D eigenvalue weighted by Crippen LogP contribution is 2.33. The van der Waals surface area contributed by atoms with Crippen molar-refractivity contribution in [3.63, 3.8) is 0 Å². The summed E-state index contributed by atoms with van der Waals surface area (Å²) in [5.74, 6) is -0.839. The van der Waals surface area contributed by atoms with Crippen LogP contribution in [0.1, 0.15) is 36.4 Å². The van der Waals surface area contributed by atoms with Gasteiger partial charge in [0.15, 0.2) is 0 Å². The first-order valence-corrected chi connectivity index (χ1v) is 10.8. The Bertz CT molecular complexity index is 1040. The number of halogens is 2. The summed E-state index contributed by atoms with van der Waals surface area (Å²) >= 11 is 7.52. The van der Waals surface area contributed by atoms with E-state index < -0.39 is 18.0 Å². The molecule has 30 heavy (non-hydrogen) atoms. The Labute approximate surface area is 182 Å². The number of amides is 1. The van der Waals surface area contributed by atoms with Crippen LogP contribution in [-0.2, 0) is 4.79 Å². The molecule has 1 unspecified atom stereocenters. The summed E-state index contributed by atoms with van der Waals surface area (Å²) in [6, 6.07) is 9.13. The molecule has 0 radical (unpaired) electrons. The van der Waals surface area contributed by atoms with Crippen LogP contribution in [0.5, 0.6) is 0 Å². The lowest BCUT2D eigenvalue weighted by Gasteiger charge is -2.18. The third-order valence-electron chi connectivity index (χ3n) is 5.20. The summed E-state index contributed by atoms with van der Waals surface area (Å²) in [6.07, 6.45) is 2.30. The van der Waals surface area contributed by atoms with Crippen molar-refractivity contribution >= 4 is 34.8 Å². The van der Waals surface area contributed by atoms with Gasteiger partial charge in [-0.1, -0.05) is 23.7 Å². The van der Waals surface area contributed by atoms with Gasteiger partial charge in [-0.3, -0.25) is 4.79 Å². The second-order valence-corrected chi connectivity index (χ2v) is 8.81. The van der Waals surface area contributed by atoms with Crippen molar-refractivity contribution < 1.29 is 9.18 Å². The first kappa shape index (κ1) is 20.7. The van der Waals surface area contributed by atoms with Gasteiger partial charge in [-0.05, 0) is 32.0 Å². The molecule has 2 N–H and O–H groups in total. The van der Waals surface area contributed by atoms with Crippen LogP contribution < -0.4 is 10.6 Å². The Balaban J connectivity index is 1.50. The second kappa shape index (κ2) is 8.65. The van der Waals surface area contributed by atoms with Gasteiger partial charge in [0.05, 0.1) is 17.7 Å². The number of nitrogens with one attached hydrogen (secondary N) is 2. The van der Waals surface area contributed by atoms with E-state index in [1.165, 1.54) is 6.92 Å². The molecule has 2 aromatic heterocycles. The van der Waals surface area contributed by atoms with Crippen molar-refractivity contribution in [3.8, 4) is 10.6 Å². The highest BCUT2D eigenvalue weighted by atomic mass is 35.5. The molecular formula is C21H21ClFN5OS. The van der Waals surface area contributed by atoms with Crippen molar-refractivity contribution in [3.05, 3.63) is 58.3 Å². The van der Waals surface area contributed by atoms with E-state index in [0.29, 0.717) is 23.2 Å². The molecule has 1 amide bonds. The van der Waals surface area contributed by atoms with Gasteiger partial charge < -0.3 is 10.6 Å². The van der Waals surface area contributed by atoms with Gasteiger partial charge in [0.1, 0.15) is 11.2 Å². The minimum atomic E-state index is -1.11. The van der Waals surface area contributed by atoms with Crippen molar-refractivity contribution in [2.45, 2.75) is 32.0 Å². The Hall–Kier alpha value is -2.58. The fourth-order valence-electron chi connectivity index (χ4n) is 3.51. The summed E-state index contributed by atoms with van der Waals surface area (Å²) in [4.78, 5) is 26.5. The molecule has 3 heterocycles. The fraction of sp³-hybridized carbons (Fsp3) is 0.333. The second-order valence-electron chi connectivity index (χ2n) is 7.31. The number of aromatic nitrogens is 3. The molecule has 6 nitrogen and oxygen atoms in total. The average molecular weight is 446 g/mol. The zero-order valence-electron chi connectivity index (χ0n) is 16.5. The predicted octanol–water partition coefficient (Wildman–Crippen LogP) is 4.61. The van der Waals surface area contributed by atoms with Crippen LogP contribution in [-0.4, -0.2) is 33.6 Å². The molecule has 0 spiro atoms. The van der Waals surface area contributed by atoms with Crippen molar-refractivity contribution in [2.24, 2.45) is 5.92 Å². The molecule has 0 bridgehead atoms. The molecule has 4 rings (SSSR count). The Morgan fingerprint density at radius 1 is 1.23 bits per heavy atom. The van der Waals surface area contributed by atoms with Gasteiger partial charge in [-0.15, -0.1) is 11.3 Å². The number of rotatable bonds is 6. The normalized spacial score (nSPS) is 20.6. The number of thiazole rings is 1. The zero-order valence-corrected chi connectivity index (χ0v) is 18.0. The van der Waals surface area contributed by atoms with Crippen molar-refractivity contribution in [1.29, 1.82) is 0 Å². The number of nitrogens with zero attached hydrogens (tertiary/aromatic N) is 3. The van der Waals surface area contributed by atoms with Crippen LogP contribution in [0.15, 0.2) is 42.7 Å². The Morgan fingerprint density at radius 3 is 2.73 bits per heavy atom. The Morgan fingerprint density at radius 2 is 2.00 bits per heavy atom. The third-order valence-corrected chi connectivity index (χ3v) is 6.68. The van der Waals surface area contributed by atoms with E-state index >= 15 is 0 Å². The first-order valence-electron chi connectivity index (χ1n) is 9.65. The molecule has 0 aliphatic carbocycles. The maximum Gasteiger partial charge on any atom is 0.229 e. The SMILES string of the molecule is C[C@H](Nc1nccc([C@@H]2C(=O)NCC2[C@H](C)F)n1)c1cnc(-c2ccc(Cl)cc2)s1. The lowest BCUT2D eigenvalue weighted by Crippen LogP contribution is -2.23. The quantitative estimate of drug-likeness (QED) is 0.579. The van der Waals surface area contributed by atoms with E-state index in [-0.39, 0.29) is 11.9 Å². The van der Waals surface area contributed by atoms with E-state index in [0.717, 1.165) is 15.4 Å². The van der Waals surface area contributed by atoms with Crippen LogP contribution >= 0.6 is 22.9 Å². The maximum absolute atomic E-state index is 13.9. The average Bonchev–Trinajstić information content (AvgIpc) is 3.36. The molecule has 1 fully saturated rings. The van der Waals surface area contributed by atoms with Crippen LogP contribution in [0.25, 0.3) is 10.6 Å². The van der Waals surface area contributed by atoms with Crippen LogP contribution in [0.3, 0.4) is 0 Å². The van der Waals surface area contributed by atoms with E-state index in [1.54, 1.807) is 23.6 Å². The minimum Gasteiger partial charge on any atom is -0.355 e. The number of hydrogen-bond donors (Lipinski definition) is 2. The molecule has 4 atom stereocenters. The number of carbonyl (C=O) groups is 1. The number of alkyl halides is 1. The molecular weight excluding hydrogens is 425 g/mol. The molecule has 0 saturated carbocycles. The topological polar surface area (TPSA) is 79.8 Å². The van der Waals surface area contributed by atoms with Gasteiger partial charge in [0, 0.05) is 40.3 Å². The largest absolute Gasteiger partial charge is 0.355 e. The number of benzene rings is 1. The molecule has 1 saturated heterocycles. The summed E-state index contributed by atoms with van der Waals surface area (Å²) in [7, 11) is 0. The van der Waals surface area contributed by atoms with Crippen molar-refractivity contribution in [1.82, 2.24) is 20.3 Å². The van der Waals surface area contributed by atoms with E-state index in [2.05, 4.69) is 25.6 Å². The van der Waals surface area contributed by atoms with E-state index in [1.807, 2.05) is 37.4 Å². The summed E-state index contributed by atoms with van der Waals surface area (Å²) in [6.45, 7) is 3.78. The molecule has 1 aliphatic rings. The predicted molar refractivity (Wildman–Crippen MR) is 116 cm³/mol. The molecule has 1 aliphatic heterocycles. The van der Waals surface area contributed by atoms with Gasteiger partial charge in [-0.25, -0.2) is 19.3 Å². The van der Waals surface area contributed by atoms with Crippen LogP contribution in [0.4, 0.5) is 10.3 Å². The number of carbonyl (C=O) groups excluding carboxylic acids is 1. The molecule has 9 heteroatoms. The van der Waals surface area contributed by atoms with E-state index in [9.17, 15) is 9.18 Å². The first-order chi connectivity index (χ1) is 14.4. The van der Waals surface area contributed by atoms with Gasteiger partial charge >= 0.3 is 0 Å². The van der Waals surface area contributed by atoms with Gasteiger partial charge in [0.25, 0.3) is 0 Å². The van der Waals surface area contributed by atoms with Crippen LogP contribution in [0.2, 0.25) is 5.02 Å². The molecule has 3 aromatic rings. The van der Waals surface area contributed by atoms with E-state index in [4.69, 9.17) is 11.6 Å². The summed E-state index contributed by atoms with van der Waals surface area (Å²) < 4.78 is 13.9. The third kappa shape index (κ3) is 4.29. The fourth-order valence-corrected chi connectivity index (χ4v) is 4.56. The Kier molecular flexibility index (Phi) is 5.97. The smallest absolute Gasteiger partial charge is 0.229 e. The van der Waals surface area contributed by atoms with Gasteiger partial charge in [0.2, 0.25) is 11.9 Å². The highest BCUT2D eigenvalue weighted by molar-refractivity contribution is 7.15. The minimum absolute atomic E-state index is 0.0906.